The van der Waals surface area contributed by atoms with Crippen molar-refractivity contribution in [2.75, 3.05) is 45.8 Å². The molecule has 0 amide bonds. The lowest BCUT2D eigenvalue weighted by atomic mass is 10.2. The van der Waals surface area contributed by atoms with Crippen LogP contribution in [-0.2, 0) is 37.0 Å². The van der Waals surface area contributed by atoms with Gasteiger partial charge in [-0.05, 0) is 233 Å². The van der Waals surface area contributed by atoms with Crippen LogP contribution < -0.4 is 27.8 Å². The molecule has 4 atom stereocenters. The summed E-state index contributed by atoms with van der Waals surface area (Å²) in [6.07, 6.45) is 2.02. The van der Waals surface area contributed by atoms with Crippen molar-refractivity contribution in [2.24, 2.45) is 23.1 Å². The van der Waals surface area contributed by atoms with Gasteiger partial charge in [0, 0.05) is 26.2 Å². The fourth-order valence-corrected chi connectivity index (χ4v) is 62.8. The summed E-state index contributed by atoms with van der Waals surface area (Å²) in [6, 6.07) is 2.94. The van der Waals surface area contributed by atoms with Crippen molar-refractivity contribution in [3.8, 4) is 0 Å². The zero-order valence-electron chi connectivity index (χ0n) is 49.5. The van der Waals surface area contributed by atoms with Crippen LogP contribution in [0, 0.1) is 5.92 Å². The highest BCUT2D eigenvalue weighted by molar-refractivity contribution is 6.91. The summed E-state index contributed by atoms with van der Waals surface area (Å²) in [5.41, 5.74) is 16.8. The largest absolute Gasteiger partial charge is 0.437 e. The lowest BCUT2D eigenvalue weighted by Crippen LogP contribution is -2.57. The molecule has 0 bridgehead atoms. The van der Waals surface area contributed by atoms with Gasteiger partial charge in [-0.3, -0.25) is 0 Å². The summed E-state index contributed by atoms with van der Waals surface area (Å²) in [4.78, 5) is 0. The second kappa shape index (κ2) is 30.6. The molecule has 0 aromatic rings. The summed E-state index contributed by atoms with van der Waals surface area (Å²) in [6.45, 7) is 67.6. The molecular formula is C41H117N5O9Si12. The molecule has 0 aliphatic carbocycles. The van der Waals surface area contributed by atoms with Crippen LogP contribution in [0.4, 0.5) is 0 Å². The fourth-order valence-electron chi connectivity index (χ4n) is 8.47. The molecule has 0 saturated heterocycles. The van der Waals surface area contributed by atoms with Crippen LogP contribution in [0.5, 0.6) is 0 Å². The van der Waals surface area contributed by atoms with E-state index in [-0.39, 0.29) is 0 Å². The Labute approximate surface area is 429 Å². The molecular weight excluding hydrogens is 1040 g/mol. The molecule has 0 saturated carbocycles. The molecule has 0 spiro atoms. The van der Waals surface area contributed by atoms with Gasteiger partial charge in [0.05, 0.1) is 0 Å². The van der Waals surface area contributed by atoms with Crippen molar-refractivity contribution in [1.82, 2.24) is 10.6 Å². The van der Waals surface area contributed by atoms with Crippen molar-refractivity contribution < 1.29 is 37.0 Å². The van der Waals surface area contributed by atoms with E-state index >= 15 is 0 Å². The second-order valence-corrected chi connectivity index (χ2v) is 75.3. The van der Waals surface area contributed by atoms with Gasteiger partial charge in [0.15, 0.2) is 49.9 Å². The predicted molar refractivity (Wildman–Crippen MR) is 323 cm³/mol. The number of hydrogen-bond acceptors (Lipinski definition) is 14. The van der Waals surface area contributed by atoms with Crippen LogP contribution in [0.25, 0.3) is 0 Å². The van der Waals surface area contributed by atoms with Crippen LogP contribution in [-0.4, -0.2) is 147 Å². The Morgan fingerprint density at radius 2 is 0.612 bits per heavy atom. The van der Waals surface area contributed by atoms with Crippen LogP contribution >= 0.6 is 0 Å². The van der Waals surface area contributed by atoms with E-state index in [0.29, 0.717) is 25.6 Å². The second-order valence-electron chi connectivity index (χ2n) is 26.0. The standard InChI is InChI=1S/C15H42N2O3Si4.C14H40N2O3Si4.C12H35NO3Si4/c1-15(13-17-12-11-16)14-24(10,19-22(5,6)7)20-23(8,9)18-21(2,3)4;1-20(2,3)17-22(7,8)19-23(9,18-21(4,5)6)14-10-12-16-13-11-15;1-17(2,3)14-19(7,8)16-20(9,12-10-11-13)15-18(4,5)6/h15,17H,11-14,16H2,1-10H3;16H,10-15H2,1-9H3;10-13H2,1-9H3. The molecule has 0 radical (unpaired) electrons. The molecule has 0 rings (SSSR count). The first-order valence-corrected chi connectivity index (χ1v) is 61.7. The van der Waals surface area contributed by atoms with Gasteiger partial charge in [-0.15, -0.1) is 0 Å². The lowest BCUT2D eigenvalue weighted by molar-refractivity contribution is 0.314. The number of hydrogen-bond donors (Lipinski definition) is 5. The molecule has 0 aliphatic heterocycles. The van der Waals surface area contributed by atoms with Crippen molar-refractivity contribution in [2.45, 2.75) is 215 Å². The highest BCUT2D eigenvalue weighted by atomic mass is 28.5. The van der Waals surface area contributed by atoms with Gasteiger partial charge in [0.1, 0.15) is 0 Å². The van der Waals surface area contributed by atoms with Gasteiger partial charge < -0.3 is 64.9 Å². The van der Waals surface area contributed by atoms with Gasteiger partial charge in [0.25, 0.3) is 0 Å². The Morgan fingerprint density at radius 3 is 0.910 bits per heavy atom. The van der Waals surface area contributed by atoms with Crippen molar-refractivity contribution in [3.05, 3.63) is 0 Å². The van der Waals surface area contributed by atoms with E-state index in [1.54, 1.807) is 0 Å². The van der Waals surface area contributed by atoms with Gasteiger partial charge >= 0.3 is 51.4 Å². The molecule has 0 fully saturated rings. The summed E-state index contributed by atoms with van der Waals surface area (Å²) in [5.74, 6) is 0.501. The van der Waals surface area contributed by atoms with Crippen molar-refractivity contribution in [3.63, 3.8) is 0 Å². The van der Waals surface area contributed by atoms with Gasteiger partial charge in [-0.25, -0.2) is 0 Å². The van der Waals surface area contributed by atoms with Crippen molar-refractivity contribution in [1.29, 1.82) is 0 Å². The molecule has 0 heterocycles. The summed E-state index contributed by atoms with van der Waals surface area (Å²) >= 11 is 0. The van der Waals surface area contributed by atoms with Gasteiger partial charge in [0.2, 0.25) is 0 Å². The third-order valence-corrected chi connectivity index (χ3v) is 49.1. The maximum Gasteiger partial charge on any atom is 0.316 e. The zero-order chi connectivity index (χ0) is 53.8. The number of nitrogens with two attached hydrogens (primary N) is 3. The van der Waals surface area contributed by atoms with E-state index in [1.807, 2.05) is 0 Å². The molecule has 8 N–H and O–H groups in total. The number of nitrogens with one attached hydrogen (secondary N) is 2. The maximum absolute atomic E-state index is 6.70. The molecule has 0 aromatic heterocycles. The molecule has 67 heavy (non-hydrogen) atoms. The van der Waals surface area contributed by atoms with Crippen LogP contribution in [0.15, 0.2) is 0 Å². The first-order valence-electron chi connectivity index (χ1n) is 25.3. The quantitative estimate of drug-likeness (QED) is 0.0309. The Hall–Kier alpha value is 2.04. The average Bonchev–Trinajstić information content (AvgIpc) is 2.96. The molecule has 26 heteroatoms. The predicted octanol–water partition coefficient (Wildman–Crippen LogP) is 10.9. The Kier molecular flexibility index (Phi) is 33.4. The summed E-state index contributed by atoms with van der Waals surface area (Å²) in [7, 11) is -23.0. The van der Waals surface area contributed by atoms with Crippen LogP contribution in [0.3, 0.4) is 0 Å². The average molecular weight is 1160 g/mol. The van der Waals surface area contributed by atoms with E-state index in [1.165, 1.54) is 0 Å². The molecule has 0 aliphatic rings. The van der Waals surface area contributed by atoms with E-state index in [9.17, 15) is 0 Å². The van der Waals surface area contributed by atoms with Gasteiger partial charge in [-0.2, -0.15) is 0 Å². The fraction of sp³-hybridized carbons (Fsp3) is 1.00. The lowest BCUT2D eigenvalue weighted by Gasteiger charge is -2.42. The SMILES string of the molecule is CC(CNCCN)C[Si](C)(O[Si](C)(C)C)O[Si](C)(C)O[Si](C)(C)C.C[Si](C)(C)O[Si](C)(C)O[Si](C)(CCCN)O[Si](C)(C)C.C[Si](C)(C)O[Si](C)(C)O[Si](C)(CCCNCCN)O[Si](C)(C)C. The molecule has 4 unspecified atom stereocenters. The van der Waals surface area contributed by atoms with E-state index in [4.69, 9.17) is 54.2 Å². The topological polar surface area (TPSA) is 185 Å². The molecule has 14 nitrogen and oxygen atoms in total. The first kappa shape index (κ1) is 73.3. The Bertz CT molecular complexity index is 1330. The van der Waals surface area contributed by atoms with E-state index < -0.39 is 101 Å². The summed E-state index contributed by atoms with van der Waals surface area (Å²) in [5, 5.41) is 6.76. The normalized spacial score (nSPS) is 17.1. The number of rotatable bonds is 33. The molecule has 408 valence electrons. The highest BCUT2D eigenvalue weighted by Gasteiger charge is 2.47. The van der Waals surface area contributed by atoms with E-state index in [2.05, 4.69) is 194 Å². The van der Waals surface area contributed by atoms with E-state index in [0.717, 1.165) is 57.2 Å². The minimum Gasteiger partial charge on any atom is -0.437 e. The summed E-state index contributed by atoms with van der Waals surface area (Å²) < 4.78 is 58.6. The maximum atomic E-state index is 6.70. The zero-order valence-corrected chi connectivity index (χ0v) is 61.5. The third kappa shape index (κ3) is 47.5. The van der Waals surface area contributed by atoms with Crippen LogP contribution in [0.2, 0.25) is 195 Å². The monoisotopic (exact) mass is 1160 g/mol. The molecule has 0 aromatic carbocycles. The van der Waals surface area contributed by atoms with Crippen LogP contribution in [0.1, 0.15) is 19.8 Å². The minimum absolute atomic E-state index is 0.501. The first-order chi connectivity index (χ1) is 29.4. The smallest absolute Gasteiger partial charge is 0.316 e. The highest BCUT2D eigenvalue weighted by Crippen LogP contribution is 2.31. The Morgan fingerprint density at radius 1 is 0.328 bits per heavy atom. The van der Waals surface area contributed by atoms with Crippen molar-refractivity contribution >= 4 is 101 Å². The van der Waals surface area contributed by atoms with Gasteiger partial charge in [-0.1, -0.05) is 6.92 Å². The third-order valence-electron chi connectivity index (χ3n) is 8.28. The minimum atomic E-state index is -2.29. The Balaban J connectivity index is -0.000000921.